The quantitative estimate of drug-likeness (QED) is 0.709. The summed E-state index contributed by atoms with van der Waals surface area (Å²) in [5, 5.41) is 3.28. The summed E-state index contributed by atoms with van der Waals surface area (Å²) in [5.41, 5.74) is 11.0. The van der Waals surface area contributed by atoms with Gasteiger partial charge >= 0.3 is 0 Å². The van der Waals surface area contributed by atoms with Crippen LogP contribution >= 0.6 is 0 Å². The van der Waals surface area contributed by atoms with Crippen LogP contribution in [0.3, 0.4) is 0 Å². The van der Waals surface area contributed by atoms with Crippen molar-refractivity contribution in [1.82, 2.24) is 4.98 Å². The minimum atomic E-state index is 0.573. The third-order valence-corrected chi connectivity index (χ3v) is 3.72. The van der Waals surface area contributed by atoms with Gasteiger partial charge < -0.3 is 11.1 Å². The molecule has 0 atom stereocenters. The van der Waals surface area contributed by atoms with Crippen LogP contribution in [-0.2, 0) is 0 Å². The second-order valence-corrected chi connectivity index (χ2v) is 5.27. The van der Waals surface area contributed by atoms with E-state index in [9.17, 15) is 4.79 Å². The number of pyridine rings is 1. The van der Waals surface area contributed by atoms with Crippen molar-refractivity contribution >= 4 is 23.5 Å². The van der Waals surface area contributed by atoms with E-state index in [1.165, 1.54) is 0 Å². The lowest BCUT2D eigenvalue weighted by Crippen LogP contribution is -2.01. The van der Waals surface area contributed by atoms with Crippen molar-refractivity contribution in [2.24, 2.45) is 0 Å². The zero-order chi connectivity index (χ0) is 16.2. The van der Waals surface area contributed by atoms with Crippen LogP contribution in [0.15, 0.2) is 60.8 Å². The first-order chi connectivity index (χ1) is 11.2. The second-order valence-electron chi connectivity index (χ2n) is 5.27. The summed E-state index contributed by atoms with van der Waals surface area (Å²) >= 11 is 0. The third kappa shape index (κ3) is 2.92. The van der Waals surface area contributed by atoms with Gasteiger partial charge in [-0.05, 0) is 36.2 Å². The average molecular weight is 303 g/mol. The van der Waals surface area contributed by atoms with Crippen molar-refractivity contribution in [3.8, 4) is 11.1 Å². The van der Waals surface area contributed by atoms with Crippen molar-refractivity contribution in [2.75, 3.05) is 11.1 Å². The molecule has 23 heavy (non-hydrogen) atoms. The van der Waals surface area contributed by atoms with Crippen LogP contribution < -0.4 is 11.1 Å². The molecule has 3 rings (SSSR count). The highest BCUT2D eigenvalue weighted by Crippen LogP contribution is 2.35. The Morgan fingerprint density at radius 1 is 1.04 bits per heavy atom. The molecule has 114 valence electrons. The van der Waals surface area contributed by atoms with Crippen molar-refractivity contribution in [3.05, 3.63) is 71.9 Å². The van der Waals surface area contributed by atoms with Gasteiger partial charge in [0.2, 0.25) is 0 Å². The van der Waals surface area contributed by atoms with Gasteiger partial charge in [0.05, 0.1) is 5.69 Å². The largest absolute Gasteiger partial charge is 0.396 e. The van der Waals surface area contributed by atoms with Crippen molar-refractivity contribution < 1.29 is 4.79 Å². The van der Waals surface area contributed by atoms with Crippen molar-refractivity contribution in [3.63, 3.8) is 0 Å². The molecule has 0 saturated heterocycles. The monoisotopic (exact) mass is 303 g/mol. The molecule has 0 aliphatic carbocycles. The van der Waals surface area contributed by atoms with Crippen LogP contribution in [0.5, 0.6) is 0 Å². The number of aromatic nitrogens is 1. The highest BCUT2D eigenvalue weighted by Gasteiger charge is 2.13. The zero-order valence-corrected chi connectivity index (χ0v) is 12.8. The van der Waals surface area contributed by atoms with Crippen molar-refractivity contribution in [1.29, 1.82) is 0 Å². The van der Waals surface area contributed by atoms with Gasteiger partial charge in [0.25, 0.3) is 0 Å². The summed E-state index contributed by atoms with van der Waals surface area (Å²) in [6, 6.07) is 17.1. The molecule has 0 unspecified atom stereocenters. The van der Waals surface area contributed by atoms with Gasteiger partial charge in [-0.1, -0.05) is 36.4 Å². The van der Waals surface area contributed by atoms with Crippen molar-refractivity contribution in [2.45, 2.75) is 6.92 Å². The molecule has 2 aromatic carbocycles. The summed E-state index contributed by atoms with van der Waals surface area (Å²) in [6.45, 7) is 2.02. The topological polar surface area (TPSA) is 68.0 Å². The Hall–Kier alpha value is -3.14. The van der Waals surface area contributed by atoms with Gasteiger partial charge in [-0.2, -0.15) is 0 Å². The number of carbonyl (C=O) groups is 1. The molecule has 0 amide bonds. The molecule has 4 nitrogen and oxygen atoms in total. The molecule has 0 aliphatic heterocycles. The van der Waals surface area contributed by atoms with E-state index in [1.807, 2.05) is 49.4 Å². The summed E-state index contributed by atoms with van der Waals surface area (Å²) < 4.78 is 0. The molecule has 0 aliphatic rings. The predicted molar refractivity (Wildman–Crippen MR) is 93.9 cm³/mol. The van der Waals surface area contributed by atoms with Gasteiger partial charge in [-0.25, -0.2) is 4.98 Å². The molecule has 1 heterocycles. The lowest BCUT2D eigenvalue weighted by atomic mass is 9.95. The number of nitrogens with zero attached hydrogens (tertiary/aromatic N) is 1. The Balaban J connectivity index is 2.15. The van der Waals surface area contributed by atoms with E-state index in [4.69, 9.17) is 5.73 Å². The van der Waals surface area contributed by atoms with E-state index in [0.29, 0.717) is 17.1 Å². The number of hydrogen-bond donors (Lipinski definition) is 2. The number of aldehydes is 1. The lowest BCUT2D eigenvalue weighted by molar-refractivity contribution is 0.112. The lowest BCUT2D eigenvalue weighted by Gasteiger charge is -2.16. The number of benzene rings is 2. The summed E-state index contributed by atoms with van der Waals surface area (Å²) in [5.74, 6) is 0.600. The number of aryl methyl sites for hydroxylation is 1. The first kappa shape index (κ1) is 14.8. The molecule has 3 N–H and O–H groups in total. The van der Waals surface area contributed by atoms with Gasteiger partial charge in [-0.3, -0.25) is 4.79 Å². The molecule has 0 spiro atoms. The molecule has 1 aromatic heterocycles. The van der Waals surface area contributed by atoms with Crippen LogP contribution in [-0.4, -0.2) is 11.3 Å². The number of nitrogens with two attached hydrogens (primary N) is 1. The molecule has 0 bridgehead atoms. The predicted octanol–water partition coefficient (Wildman–Crippen LogP) is 4.20. The average Bonchev–Trinajstić information content (AvgIpc) is 2.57. The smallest absolute Gasteiger partial charge is 0.153 e. The fraction of sp³-hybridized carbons (Fsp3) is 0.0526. The van der Waals surface area contributed by atoms with Crippen LogP contribution in [0.1, 0.15) is 15.9 Å². The minimum absolute atomic E-state index is 0.573. The summed E-state index contributed by atoms with van der Waals surface area (Å²) in [4.78, 5) is 15.7. The van der Waals surface area contributed by atoms with E-state index < -0.39 is 0 Å². The van der Waals surface area contributed by atoms with E-state index >= 15 is 0 Å². The molecular weight excluding hydrogens is 286 g/mol. The van der Waals surface area contributed by atoms with E-state index in [0.717, 1.165) is 28.7 Å². The number of rotatable bonds is 4. The molecule has 0 fully saturated rings. The summed E-state index contributed by atoms with van der Waals surface area (Å²) in [6.07, 6.45) is 2.56. The maximum Gasteiger partial charge on any atom is 0.153 e. The van der Waals surface area contributed by atoms with E-state index in [-0.39, 0.29) is 0 Å². The SMILES string of the molecule is Cc1cccc(Nc2ncccc2N)c1-c1ccccc1C=O. The maximum absolute atomic E-state index is 11.4. The Bertz CT molecular complexity index is 859. The Morgan fingerprint density at radius 2 is 1.87 bits per heavy atom. The number of nitrogens with one attached hydrogen (secondary N) is 1. The van der Waals surface area contributed by atoms with Crippen LogP contribution in [0.4, 0.5) is 17.2 Å². The molecule has 4 heteroatoms. The first-order valence-corrected chi connectivity index (χ1v) is 7.32. The molecular formula is C19H17N3O. The van der Waals surface area contributed by atoms with Gasteiger partial charge in [0, 0.05) is 23.0 Å². The molecule has 0 radical (unpaired) electrons. The molecule has 0 saturated carbocycles. The molecule has 3 aromatic rings. The summed E-state index contributed by atoms with van der Waals surface area (Å²) in [7, 11) is 0. The number of hydrogen-bond acceptors (Lipinski definition) is 4. The number of carbonyl (C=O) groups excluding carboxylic acids is 1. The third-order valence-electron chi connectivity index (χ3n) is 3.72. The second kappa shape index (κ2) is 6.32. The number of anilines is 3. The van der Waals surface area contributed by atoms with Gasteiger partial charge in [0.1, 0.15) is 0 Å². The first-order valence-electron chi connectivity index (χ1n) is 7.32. The fourth-order valence-corrected chi connectivity index (χ4v) is 2.61. The van der Waals surface area contributed by atoms with E-state index in [1.54, 1.807) is 18.3 Å². The van der Waals surface area contributed by atoms with Gasteiger partial charge in [0.15, 0.2) is 12.1 Å². The number of nitrogen functional groups attached to an aromatic ring is 1. The fourth-order valence-electron chi connectivity index (χ4n) is 2.61. The zero-order valence-electron chi connectivity index (χ0n) is 12.8. The van der Waals surface area contributed by atoms with Crippen LogP contribution in [0.25, 0.3) is 11.1 Å². The highest BCUT2D eigenvalue weighted by molar-refractivity contribution is 5.94. The van der Waals surface area contributed by atoms with E-state index in [2.05, 4.69) is 10.3 Å². The highest BCUT2D eigenvalue weighted by atomic mass is 16.1. The minimum Gasteiger partial charge on any atom is -0.396 e. The maximum atomic E-state index is 11.4. The Kier molecular flexibility index (Phi) is 4.06. The van der Waals surface area contributed by atoms with Crippen LogP contribution in [0.2, 0.25) is 0 Å². The van der Waals surface area contributed by atoms with Crippen LogP contribution in [0, 0.1) is 6.92 Å². The van der Waals surface area contributed by atoms with Gasteiger partial charge in [-0.15, -0.1) is 0 Å². The standard InChI is InChI=1S/C19H17N3O/c1-13-6-4-10-17(22-19-16(20)9-5-11-21-19)18(13)15-8-3-2-7-14(15)12-23/h2-12H,20H2,1H3,(H,21,22). The normalized spacial score (nSPS) is 10.3. The Morgan fingerprint density at radius 3 is 2.65 bits per heavy atom. The Labute approximate surface area is 135 Å².